The molecule has 150 valence electrons. The van der Waals surface area contributed by atoms with E-state index in [4.69, 9.17) is 15.9 Å². The second-order valence-electron chi connectivity index (χ2n) is 6.43. The highest BCUT2D eigenvalue weighted by Gasteiger charge is 2.19. The predicted octanol–water partition coefficient (Wildman–Crippen LogP) is 3.48. The molecule has 8 nitrogen and oxygen atoms in total. The van der Waals surface area contributed by atoms with Crippen molar-refractivity contribution in [2.24, 2.45) is 0 Å². The SMILES string of the molecule is CNS(=O)c1ccc(OC2CCCCC2)c(Nc2ncnc(N)c2C(=N)Br)c1. The van der Waals surface area contributed by atoms with E-state index in [0.717, 1.165) is 25.7 Å². The number of rotatable bonds is 7. The molecule has 0 amide bonds. The molecule has 1 unspecified atom stereocenters. The largest absolute Gasteiger partial charge is 0.488 e. The van der Waals surface area contributed by atoms with E-state index in [2.05, 4.69) is 35.9 Å². The lowest BCUT2D eigenvalue weighted by molar-refractivity contribution is 0.156. The van der Waals surface area contributed by atoms with Crippen LogP contribution in [0.5, 0.6) is 5.75 Å². The Morgan fingerprint density at radius 3 is 2.75 bits per heavy atom. The van der Waals surface area contributed by atoms with E-state index in [1.807, 2.05) is 6.07 Å². The highest BCUT2D eigenvalue weighted by Crippen LogP contribution is 2.34. The lowest BCUT2D eigenvalue weighted by Gasteiger charge is -2.25. The monoisotopic (exact) mass is 466 g/mol. The van der Waals surface area contributed by atoms with Crippen molar-refractivity contribution in [1.82, 2.24) is 14.7 Å². The van der Waals surface area contributed by atoms with Gasteiger partial charge in [0, 0.05) is 0 Å². The smallest absolute Gasteiger partial charge is 0.146 e. The van der Waals surface area contributed by atoms with E-state index in [-0.39, 0.29) is 16.5 Å². The molecule has 0 spiro atoms. The minimum atomic E-state index is -1.35. The summed E-state index contributed by atoms with van der Waals surface area (Å²) < 4.78 is 21.2. The van der Waals surface area contributed by atoms with Gasteiger partial charge in [-0.05, 0) is 66.9 Å². The third kappa shape index (κ3) is 4.86. The zero-order chi connectivity index (χ0) is 20.1. The average molecular weight is 467 g/mol. The number of aromatic nitrogens is 2. The third-order valence-electron chi connectivity index (χ3n) is 4.55. The summed E-state index contributed by atoms with van der Waals surface area (Å²) in [6, 6.07) is 5.34. The Labute approximate surface area is 174 Å². The van der Waals surface area contributed by atoms with Crippen molar-refractivity contribution in [3.63, 3.8) is 0 Å². The molecular weight excluding hydrogens is 444 g/mol. The number of hydrogen-bond acceptors (Lipinski definition) is 7. The summed E-state index contributed by atoms with van der Waals surface area (Å²) in [4.78, 5) is 8.76. The first-order valence-electron chi connectivity index (χ1n) is 9.01. The molecule has 1 aliphatic carbocycles. The van der Waals surface area contributed by atoms with E-state index in [0.29, 0.717) is 27.7 Å². The van der Waals surface area contributed by atoms with Crippen molar-refractivity contribution in [3.05, 3.63) is 30.1 Å². The van der Waals surface area contributed by atoms with Crippen LogP contribution >= 0.6 is 15.9 Å². The summed E-state index contributed by atoms with van der Waals surface area (Å²) in [5.74, 6) is 1.20. The second-order valence-corrected chi connectivity index (χ2v) is 8.64. The molecule has 1 aromatic carbocycles. The van der Waals surface area contributed by atoms with E-state index >= 15 is 0 Å². The third-order valence-corrected chi connectivity index (χ3v) is 5.99. The fourth-order valence-corrected chi connectivity index (χ4v) is 4.19. The summed E-state index contributed by atoms with van der Waals surface area (Å²) in [6.07, 6.45) is 7.06. The number of nitrogens with two attached hydrogens (primary N) is 1. The summed E-state index contributed by atoms with van der Waals surface area (Å²) in [6.45, 7) is 0. The molecule has 1 fully saturated rings. The highest BCUT2D eigenvalue weighted by atomic mass is 79.9. The van der Waals surface area contributed by atoms with Crippen molar-refractivity contribution in [1.29, 1.82) is 5.41 Å². The van der Waals surface area contributed by atoms with Gasteiger partial charge in [0.15, 0.2) is 0 Å². The lowest BCUT2D eigenvalue weighted by atomic mass is 9.98. The number of anilines is 3. The molecule has 1 heterocycles. The Hall–Kier alpha value is -2.04. The molecule has 0 bridgehead atoms. The Morgan fingerprint density at radius 1 is 1.32 bits per heavy atom. The van der Waals surface area contributed by atoms with Crippen molar-refractivity contribution < 1.29 is 8.95 Å². The van der Waals surface area contributed by atoms with E-state index in [1.165, 1.54) is 12.7 Å². The number of nitrogens with one attached hydrogen (secondary N) is 3. The highest BCUT2D eigenvalue weighted by molar-refractivity contribution is 9.18. The van der Waals surface area contributed by atoms with Gasteiger partial charge < -0.3 is 15.8 Å². The van der Waals surface area contributed by atoms with Gasteiger partial charge in [-0.2, -0.15) is 0 Å². The van der Waals surface area contributed by atoms with Crippen molar-refractivity contribution in [2.45, 2.75) is 43.1 Å². The van der Waals surface area contributed by atoms with Crippen LogP contribution in [0.15, 0.2) is 29.4 Å². The number of benzene rings is 1. The predicted molar refractivity (Wildman–Crippen MR) is 115 cm³/mol. The van der Waals surface area contributed by atoms with Crippen LogP contribution < -0.4 is 20.5 Å². The molecule has 1 aromatic heterocycles. The average Bonchev–Trinajstić information content (AvgIpc) is 2.69. The van der Waals surface area contributed by atoms with Gasteiger partial charge >= 0.3 is 0 Å². The standard InChI is InChI=1S/C18H23BrN6O2S/c1-22-28(26)12-7-8-14(27-11-5-3-2-4-6-11)13(9-12)25-18-15(16(19)20)17(21)23-10-24-18/h7-11,20,22H,2-6H2,1H3,(H3,21,23,24,25). The van der Waals surface area contributed by atoms with Gasteiger partial charge in [-0.15, -0.1) is 0 Å². The first-order valence-corrected chi connectivity index (χ1v) is 11.0. The Kier molecular flexibility index (Phi) is 6.97. The molecule has 2 aromatic rings. The molecule has 0 radical (unpaired) electrons. The lowest BCUT2D eigenvalue weighted by Crippen LogP contribution is -2.20. The molecule has 1 saturated carbocycles. The zero-order valence-corrected chi connectivity index (χ0v) is 17.9. The Bertz CT molecular complexity index is 888. The maximum atomic E-state index is 12.2. The summed E-state index contributed by atoms with van der Waals surface area (Å²) >= 11 is 3.14. The van der Waals surface area contributed by atoms with E-state index in [9.17, 15) is 4.21 Å². The number of ether oxygens (including phenoxy) is 1. The maximum Gasteiger partial charge on any atom is 0.146 e. The van der Waals surface area contributed by atoms with Crippen LogP contribution in [0.3, 0.4) is 0 Å². The quantitative estimate of drug-likeness (QED) is 0.462. The van der Waals surface area contributed by atoms with Crippen LogP contribution in [0.25, 0.3) is 0 Å². The fraction of sp³-hybridized carbons (Fsp3) is 0.389. The van der Waals surface area contributed by atoms with E-state index < -0.39 is 11.0 Å². The fourth-order valence-electron chi connectivity index (χ4n) is 3.14. The molecule has 3 rings (SSSR count). The number of hydrogen-bond donors (Lipinski definition) is 4. The first kappa shape index (κ1) is 20.7. The summed E-state index contributed by atoms with van der Waals surface area (Å²) in [7, 11) is 0.283. The van der Waals surface area contributed by atoms with Gasteiger partial charge in [0.2, 0.25) is 0 Å². The van der Waals surface area contributed by atoms with Crippen LogP contribution in [0.4, 0.5) is 17.3 Å². The molecule has 1 aliphatic rings. The van der Waals surface area contributed by atoms with Crippen LogP contribution in [0.2, 0.25) is 0 Å². The van der Waals surface area contributed by atoms with Crippen molar-refractivity contribution >= 4 is 48.9 Å². The van der Waals surface area contributed by atoms with Crippen LogP contribution in [-0.2, 0) is 11.0 Å². The van der Waals surface area contributed by atoms with Gasteiger partial charge in [-0.1, -0.05) is 6.42 Å². The molecule has 5 N–H and O–H groups in total. The molecular formula is C18H23BrN6O2S. The van der Waals surface area contributed by atoms with Crippen LogP contribution in [-0.4, -0.2) is 31.9 Å². The summed E-state index contributed by atoms with van der Waals surface area (Å²) in [5.41, 5.74) is 6.88. The van der Waals surface area contributed by atoms with Gasteiger partial charge in [-0.3, -0.25) is 5.41 Å². The second kappa shape index (κ2) is 9.44. The minimum absolute atomic E-state index is 0.0674. The normalized spacial score (nSPS) is 15.8. The maximum absolute atomic E-state index is 12.2. The number of halogens is 1. The molecule has 1 atom stereocenters. The topological polar surface area (TPSA) is 126 Å². The van der Waals surface area contributed by atoms with Gasteiger partial charge in [0.25, 0.3) is 0 Å². The van der Waals surface area contributed by atoms with Crippen LogP contribution in [0, 0.1) is 5.41 Å². The minimum Gasteiger partial charge on any atom is -0.488 e. The van der Waals surface area contributed by atoms with Crippen molar-refractivity contribution in [2.75, 3.05) is 18.1 Å². The Morgan fingerprint density at radius 2 is 2.07 bits per heavy atom. The molecule has 0 aliphatic heterocycles. The summed E-state index contributed by atoms with van der Waals surface area (Å²) in [5, 5.41) is 11.1. The van der Waals surface area contributed by atoms with Gasteiger partial charge in [0.1, 0.15) is 39.3 Å². The number of nitrogens with zero attached hydrogens (tertiary/aromatic N) is 2. The van der Waals surface area contributed by atoms with Gasteiger partial charge in [0.05, 0.1) is 22.3 Å². The molecule has 28 heavy (non-hydrogen) atoms. The number of nitrogen functional groups attached to an aromatic ring is 1. The van der Waals surface area contributed by atoms with Crippen LogP contribution in [0.1, 0.15) is 37.7 Å². The molecule has 0 saturated heterocycles. The Balaban J connectivity index is 1.98. The van der Waals surface area contributed by atoms with Crippen molar-refractivity contribution in [3.8, 4) is 5.75 Å². The molecule has 10 heteroatoms. The van der Waals surface area contributed by atoms with E-state index in [1.54, 1.807) is 19.2 Å². The van der Waals surface area contributed by atoms with Gasteiger partial charge in [-0.25, -0.2) is 18.9 Å². The zero-order valence-electron chi connectivity index (χ0n) is 15.5. The first-order chi connectivity index (χ1) is 13.5.